The highest BCUT2D eigenvalue weighted by Crippen LogP contribution is 2.17. The number of hydrogen-bond donors (Lipinski definition) is 1. The molecule has 2 N–H and O–H groups in total. The lowest BCUT2D eigenvalue weighted by atomic mass is 10.2. The van der Waals surface area contributed by atoms with Crippen LogP contribution in [0.2, 0.25) is 5.02 Å². The van der Waals surface area contributed by atoms with Crippen LogP contribution in [0.15, 0.2) is 24.3 Å². The van der Waals surface area contributed by atoms with Gasteiger partial charge in [0.1, 0.15) is 0 Å². The molecule has 1 unspecified atom stereocenters. The van der Waals surface area contributed by atoms with E-state index in [0.29, 0.717) is 4.99 Å². The summed E-state index contributed by atoms with van der Waals surface area (Å²) in [5, 5.41) is 0.777. The highest BCUT2D eigenvalue weighted by Gasteiger charge is 2.12. The first kappa shape index (κ1) is 12.4. The number of benzene rings is 1. The van der Waals surface area contributed by atoms with E-state index in [1.165, 1.54) is 0 Å². The van der Waals surface area contributed by atoms with E-state index < -0.39 is 0 Å². The van der Waals surface area contributed by atoms with Crippen LogP contribution in [-0.4, -0.2) is 23.0 Å². The highest BCUT2D eigenvalue weighted by molar-refractivity contribution is 7.80. The van der Waals surface area contributed by atoms with Gasteiger partial charge in [0, 0.05) is 11.6 Å². The second-order valence-electron chi connectivity index (χ2n) is 3.58. The molecule has 0 saturated heterocycles. The molecule has 0 aromatic heterocycles. The van der Waals surface area contributed by atoms with E-state index in [2.05, 4.69) is 4.90 Å². The van der Waals surface area contributed by atoms with Crippen LogP contribution in [0.4, 0.5) is 0 Å². The van der Waals surface area contributed by atoms with Crippen LogP contribution in [-0.2, 0) is 6.54 Å². The minimum Gasteiger partial charge on any atom is -0.392 e. The minimum absolute atomic E-state index is 0.0799. The Morgan fingerprint density at radius 2 is 2.13 bits per heavy atom. The summed E-state index contributed by atoms with van der Waals surface area (Å²) in [6.45, 7) is 2.73. The van der Waals surface area contributed by atoms with Gasteiger partial charge in [-0.1, -0.05) is 42.0 Å². The summed E-state index contributed by atoms with van der Waals surface area (Å²) >= 11 is 11.0. The number of halogens is 1. The molecule has 0 radical (unpaired) electrons. The average Bonchev–Trinajstić information content (AvgIpc) is 2.20. The van der Waals surface area contributed by atoms with Crippen molar-refractivity contribution in [3.05, 3.63) is 34.9 Å². The van der Waals surface area contributed by atoms with Crippen molar-refractivity contribution in [2.75, 3.05) is 7.05 Å². The van der Waals surface area contributed by atoms with Gasteiger partial charge in [-0.2, -0.15) is 0 Å². The minimum atomic E-state index is 0.0799. The smallest absolute Gasteiger partial charge is 0.0899 e. The number of rotatable bonds is 4. The third kappa shape index (κ3) is 3.45. The molecule has 1 aromatic rings. The van der Waals surface area contributed by atoms with Crippen molar-refractivity contribution < 1.29 is 0 Å². The Morgan fingerprint density at radius 1 is 1.53 bits per heavy atom. The maximum Gasteiger partial charge on any atom is 0.0899 e. The molecular weight excluding hydrogens is 228 g/mol. The zero-order valence-electron chi connectivity index (χ0n) is 8.90. The number of nitrogens with two attached hydrogens (primary N) is 1. The number of hydrogen-bond acceptors (Lipinski definition) is 2. The van der Waals surface area contributed by atoms with Crippen molar-refractivity contribution in [3.8, 4) is 0 Å². The van der Waals surface area contributed by atoms with Crippen molar-refractivity contribution in [2.45, 2.75) is 19.5 Å². The van der Waals surface area contributed by atoms with Gasteiger partial charge in [0.25, 0.3) is 0 Å². The van der Waals surface area contributed by atoms with Crippen LogP contribution in [0.3, 0.4) is 0 Å². The zero-order valence-corrected chi connectivity index (χ0v) is 10.5. The van der Waals surface area contributed by atoms with E-state index in [4.69, 9.17) is 29.6 Å². The summed E-state index contributed by atoms with van der Waals surface area (Å²) in [7, 11) is 1.98. The summed E-state index contributed by atoms with van der Waals surface area (Å²) in [5.41, 5.74) is 6.67. The molecule has 15 heavy (non-hydrogen) atoms. The largest absolute Gasteiger partial charge is 0.392 e. The van der Waals surface area contributed by atoms with E-state index in [0.717, 1.165) is 17.1 Å². The Labute approximate surface area is 101 Å². The summed E-state index contributed by atoms with van der Waals surface area (Å²) in [6, 6.07) is 7.86. The molecule has 0 aliphatic heterocycles. The summed E-state index contributed by atoms with van der Waals surface area (Å²) < 4.78 is 0. The molecule has 1 atom stereocenters. The Kier molecular flexibility index (Phi) is 4.51. The van der Waals surface area contributed by atoms with E-state index >= 15 is 0 Å². The van der Waals surface area contributed by atoms with Crippen LogP contribution < -0.4 is 5.73 Å². The van der Waals surface area contributed by atoms with E-state index in [1.807, 2.05) is 38.2 Å². The van der Waals surface area contributed by atoms with Crippen LogP contribution in [0, 0.1) is 0 Å². The summed E-state index contributed by atoms with van der Waals surface area (Å²) in [4.78, 5) is 2.58. The van der Waals surface area contributed by atoms with Crippen molar-refractivity contribution >= 4 is 28.8 Å². The molecule has 0 spiro atoms. The Morgan fingerprint density at radius 3 is 2.67 bits per heavy atom. The van der Waals surface area contributed by atoms with Gasteiger partial charge >= 0.3 is 0 Å². The summed E-state index contributed by atoms with van der Waals surface area (Å²) in [6.07, 6.45) is 0. The second kappa shape index (κ2) is 5.45. The fraction of sp³-hybridized carbons (Fsp3) is 0.364. The lowest BCUT2D eigenvalue weighted by Crippen LogP contribution is -2.38. The number of thiocarbonyl (C=S) groups is 1. The Balaban J connectivity index is 2.70. The van der Waals surface area contributed by atoms with Gasteiger partial charge in [-0.3, -0.25) is 4.90 Å². The van der Waals surface area contributed by atoms with Gasteiger partial charge in [-0.15, -0.1) is 0 Å². The third-order valence-electron chi connectivity index (χ3n) is 2.45. The lowest BCUT2D eigenvalue weighted by Gasteiger charge is -2.23. The van der Waals surface area contributed by atoms with Crippen molar-refractivity contribution in [1.82, 2.24) is 4.90 Å². The SMILES string of the molecule is CC(C(N)=S)N(C)Cc1ccccc1Cl. The molecule has 0 saturated carbocycles. The van der Waals surface area contributed by atoms with Gasteiger partial charge in [0.05, 0.1) is 11.0 Å². The fourth-order valence-corrected chi connectivity index (χ4v) is 1.62. The zero-order chi connectivity index (χ0) is 11.4. The molecule has 1 aromatic carbocycles. The monoisotopic (exact) mass is 242 g/mol. The predicted octanol–water partition coefficient (Wildman–Crippen LogP) is 2.45. The molecular formula is C11H15ClN2S. The van der Waals surface area contributed by atoms with E-state index in [9.17, 15) is 0 Å². The van der Waals surface area contributed by atoms with Crippen LogP contribution in [0.25, 0.3) is 0 Å². The second-order valence-corrected chi connectivity index (χ2v) is 4.46. The number of likely N-dealkylation sites (N-methyl/N-ethyl adjacent to an activating group) is 1. The quantitative estimate of drug-likeness (QED) is 0.823. The third-order valence-corrected chi connectivity index (χ3v) is 3.16. The predicted molar refractivity (Wildman–Crippen MR) is 69.2 cm³/mol. The van der Waals surface area contributed by atoms with Crippen LogP contribution in [0.1, 0.15) is 12.5 Å². The van der Waals surface area contributed by atoms with Gasteiger partial charge in [-0.05, 0) is 25.6 Å². The van der Waals surface area contributed by atoms with Gasteiger partial charge in [0.15, 0.2) is 0 Å². The van der Waals surface area contributed by atoms with Crippen molar-refractivity contribution in [2.24, 2.45) is 5.73 Å². The molecule has 1 rings (SSSR count). The van der Waals surface area contributed by atoms with Crippen LogP contribution >= 0.6 is 23.8 Å². The van der Waals surface area contributed by atoms with Crippen LogP contribution in [0.5, 0.6) is 0 Å². The Hall–Kier alpha value is -0.640. The number of nitrogens with zero attached hydrogens (tertiary/aromatic N) is 1. The van der Waals surface area contributed by atoms with E-state index in [1.54, 1.807) is 0 Å². The Bertz CT molecular complexity index is 354. The molecule has 0 amide bonds. The van der Waals surface area contributed by atoms with Crippen molar-refractivity contribution in [3.63, 3.8) is 0 Å². The highest BCUT2D eigenvalue weighted by atomic mass is 35.5. The standard InChI is InChI=1S/C11H15ClN2S/c1-8(11(13)15)14(2)7-9-5-3-4-6-10(9)12/h3-6,8H,7H2,1-2H3,(H2,13,15). The van der Waals surface area contributed by atoms with E-state index in [-0.39, 0.29) is 6.04 Å². The molecule has 0 fully saturated rings. The van der Waals surface area contributed by atoms with Crippen molar-refractivity contribution in [1.29, 1.82) is 0 Å². The maximum atomic E-state index is 6.06. The molecule has 0 heterocycles. The first-order valence-corrected chi connectivity index (χ1v) is 5.54. The first-order chi connectivity index (χ1) is 7.02. The summed E-state index contributed by atoms with van der Waals surface area (Å²) in [5.74, 6) is 0. The van der Waals surface area contributed by atoms with Gasteiger partial charge in [0.2, 0.25) is 0 Å². The van der Waals surface area contributed by atoms with Gasteiger partial charge in [-0.25, -0.2) is 0 Å². The fourth-order valence-electron chi connectivity index (χ4n) is 1.25. The molecule has 0 aliphatic carbocycles. The molecule has 0 aliphatic rings. The molecule has 2 nitrogen and oxygen atoms in total. The molecule has 4 heteroatoms. The first-order valence-electron chi connectivity index (χ1n) is 4.75. The topological polar surface area (TPSA) is 29.3 Å². The molecule has 0 bridgehead atoms. The average molecular weight is 243 g/mol. The normalized spacial score (nSPS) is 12.8. The van der Waals surface area contributed by atoms with Gasteiger partial charge < -0.3 is 5.73 Å². The lowest BCUT2D eigenvalue weighted by molar-refractivity contribution is 0.304. The maximum absolute atomic E-state index is 6.06. The molecule has 82 valence electrons.